The Bertz CT molecular complexity index is 1030. The zero-order valence-corrected chi connectivity index (χ0v) is 20.1. The zero-order valence-electron chi connectivity index (χ0n) is 19.3. The molecule has 1 amide bonds. The lowest BCUT2D eigenvalue weighted by molar-refractivity contribution is 0.0946. The molecule has 1 aliphatic heterocycles. The van der Waals surface area contributed by atoms with Gasteiger partial charge in [0, 0.05) is 18.7 Å². The van der Waals surface area contributed by atoms with E-state index in [4.69, 9.17) is 4.74 Å². The van der Waals surface area contributed by atoms with E-state index in [1.807, 2.05) is 31.2 Å². The number of nitrogens with one attached hydrogen (secondary N) is 1. The van der Waals surface area contributed by atoms with Crippen LogP contribution < -0.4 is 10.1 Å². The van der Waals surface area contributed by atoms with Gasteiger partial charge in [0.25, 0.3) is 5.91 Å². The summed E-state index contributed by atoms with van der Waals surface area (Å²) in [4.78, 5) is 13.0. The highest BCUT2D eigenvalue weighted by molar-refractivity contribution is 7.89. The third-order valence-corrected chi connectivity index (χ3v) is 7.74. The summed E-state index contributed by atoms with van der Waals surface area (Å²) in [6.45, 7) is 7.76. The minimum atomic E-state index is -3.60. The molecule has 0 radical (unpaired) electrons. The van der Waals surface area contributed by atoms with Crippen LogP contribution in [0.1, 0.15) is 66.9 Å². The number of sulfonamides is 1. The third-order valence-electron chi connectivity index (χ3n) is 5.84. The number of para-hydroxylation sites is 1. The minimum Gasteiger partial charge on any atom is -0.491 e. The molecule has 3 rings (SSSR count). The quantitative estimate of drug-likeness (QED) is 0.592. The molecule has 7 heteroatoms. The van der Waals surface area contributed by atoms with Crippen LogP contribution in [0.3, 0.4) is 0 Å². The number of hydrogen-bond donors (Lipinski definition) is 1. The van der Waals surface area contributed by atoms with E-state index in [0.717, 1.165) is 42.6 Å². The summed E-state index contributed by atoms with van der Waals surface area (Å²) in [7, 11) is -3.60. The summed E-state index contributed by atoms with van der Waals surface area (Å²) < 4.78 is 33.6. The average molecular weight is 459 g/mol. The largest absolute Gasteiger partial charge is 0.491 e. The average Bonchev–Trinajstić information content (AvgIpc) is 3.07. The van der Waals surface area contributed by atoms with Crippen LogP contribution in [0.15, 0.2) is 47.4 Å². The number of amides is 1. The van der Waals surface area contributed by atoms with Crippen LogP contribution in [0.25, 0.3) is 0 Å². The van der Waals surface area contributed by atoms with Crippen molar-refractivity contribution in [3.8, 4) is 5.75 Å². The molecule has 0 unspecified atom stereocenters. The van der Waals surface area contributed by atoms with Crippen molar-refractivity contribution in [1.29, 1.82) is 0 Å². The Labute approximate surface area is 192 Å². The zero-order chi connectivity index (χ0) is 23.1. The smallest absolute Gasteiger partial charge is 0.251 e. The van der Waals surface area contributed by atoms with Crippen LogP contribution in [-0.4, -0.2) is 44.9 Å². The Morgan fingerprint density at radius 3 is 2.44 bits per heavy atom. The van der Waals surface area contributed by atoms with Gasteiger partial charge in [-0.2, -0.15) is 4.31 Å². The molecule has 32 heavy (non-hydrogen) atoms. The molecule has 2 aromatic rings. The third kappa shape index (κ3) is 5.90. The maximum atomic E-state index is 13.1. The van der Waals surface area contributed by atoms with Gasteiger partial charge in [0.05, 0.1) is 11.4 Å². The van der Waals surface area contributed by atoms with E-state index in [1.165, 1.54) is 6.07 Å². The van der Waals surface area contributed by atoms with E-state index in [0.29, 0.717) is 37.7 Å². The molecule has 1 fully saturated rings. The van der Waals surface area contributed by atoms with Crippen molar-refractivity contribution in [3.63, 3.8) is 0 Å². The van der Waals surface area contributed by atoms with Crippen molar-refractivity contribution >= 4 is 15.9 Å². The van der Waals surface area contributed by atoms with Crippen molar-refractivity contribution in [2.24, 2.45) is 0 Å². The van der Waals surface area contributed by atoms with Crippen molar-refractivity contribution in [3.05, 3.63) is 59.2 Å². The molecular formula is C25H34N2O4S. The van der Waals surface area contributed by atoms with Crippen molar-refractivity contribution in [2.75, 3.05) is 26.2 Å². The Morgan fingerprint density at radius 2 is 1.75 bits per heavy atom. The summed E-state index contributed by atoms with van der Waals surface area (Å²) in [6.07, 6.45) is 3.85. The SMILES string of the molecule is Cc1ccc(S(=O)(=O)N2CCCCCC2)cc1C(=O)NCCOc1ccccc1C(C)C. The highest BCUT2D eigenvalue weighted by Gasteiger charge is 2.26. The first-order valence-electron chi connectivity index (χ1n) is 11.4. The van der Waals surface area contributed by atoms with Gasteiger partial charge in [-0.25, -0.2) is 8.42 Å². The Kier molecular flexibility index (Phi) is 8.32. The molecule has 0 bridgehead atoms. The van der Waals surface area contributed by atoms with E-state index in [1.54, 1.807) is 16.4 Å². The fraction of sp³-hybridized carbons (Fsp3) is 0.480. The van der Waals surface area contributed by atoms with Gasteiger partial charge in [-0.05, 0) is 55.0 Å². The Hall–Kier alpha value is -2.38. The van der Waals surface area contributed by atoms with Gasteiger partial charge in [-0.15, -0.1) is 0 Å². The number of aryl methyl sites for hydroxylation is 1. The van der Waals surface area contributed by atoms with E-state index >= 15 is 0 Å². The molecular weight excluding hydrogens is 424 g/mol. The van der Waals surface area contributed by atoms with E-state index in [-0.39, 0.29) is 10.8 Å². The monoisotopic (exact) mass is 458 g/mol. The predicted molar refractivity (Wildman–Crippen MR) is 127 cm³/mol. The standard InChI is InChI=1S/C25H34N2O4S/c1-19(2)22-10-6-7-11-24(22)31-17-14-26-25(28)23-18-21(13-12-20(23)3)32(29,30)27-15-8-4-5-9-16-27/h6-7,10-13,18-19H,4-5,8-9,14-17H2,1-3H3,(H,26,28). The lowest BCUT2D eigenvalue weighted by Gasteiger charge is -2.20. The summed E-state index contributed by atoms with van der Waals surface area (Å²) in [6, 6.07) is 12.7. The van der Waals surface area contributed by atoms with Crippen molar-refractivity contribution < 1.29 is 17.9 Å². The number of benzene rings is 2. The fourth-order valence-electron chi connectivity index (χ4n) is 3.95. The first-order valence-corrected chi connectivity index (χ1v) is 12.9. The van der Waals surface area contributed by atoms with Crippen LogP contribution in [0.4, 0.5) is 0 Å². The van der Waals surface area contributed by atoms with Crippen molar-refractivity contribution in [2.45, 2.75) is 57.3 Å². The molecule has 0 aromatic heterocycles. The molecule has 1 saturated heterocycles. The molecule has 6 nitrogen and oxygen atoms in total. The van der Waals surface area contributed by atoms with Crippen LogP contribution in [0.2, 0.25) is 0 Å². The summed E-state index contributed by atoms with van der Waals surface area (Å²) >= 11 is 0. The predicted octanol–water partition coefficient (Wildman–Crippen LogP) is 4.49. The molecule has 0 aliphatic carbocycles. The Balaban J connectivity index is 1.64. The lowest BCUT2D eigenvalue weighted by atomic mass is 10.0. The summed E-state index contributed by atoms with van der Waals surface area (Å²) in [5.74, 6) is 0.868. The van der Waals surface area contributed by atoms with Crippen LogP contribution in [0, 0.1) is 6.92 Å². The maximum absolute atomic E-state index is 13.1. The maximum Gasteiger partial charge on any atom is 0.251 e. The number of carbonyl (C=O) groups is 1. The molecule has 0 saturated carbocycles. The normalized spacial score (nSPS) is 15.4. The van der Waals surface area contributed by atoms with Gasteiger partial charge in [0.1, 0.15) is 12.4 Å². The van der Waals surface area contributed by atoms with E-state index in [2.05, 4.69) is 19.2 Å². The van der Waals surface area contributed by atoms with Gasteiger partial charge in [0.2, 0.25) is 10.0 Å². The summed E-state index contributed by atoms with van der Waals surface area (Å²) in [5.41, 5.74) is 2.24. The van der Waals surface area contributed by atoms with Gasteiger partial charge in [0.15, 0.2) is 0 Å². The fourth-order valence-corrected chi connectivity index (χ4v) is 5.49. The number of carbonyl (C=O) groups excluding carboxylic acids is 1. The number of rotatable bonds is 8. The number of ether oxygens (including phenoxy) is 1. The second-order valence-corrected chi connectivity index (χ2v) is 10.5. The molecule has 174 valence electrons. The lowest BCUT2D eigenvalue weighted by Crippen LogP contribution is -2.32. The number of hydrogen-bond acceptors (Lipinski definition) is 4. The van der Waals surface area contributed by atoms with Crippen LogP contribution in [0.5, 0.6) is 5.75 Å². The molecule has 0 spiro atoms. The van der Waals surface area contributed by atoms with Gasteiger partial charge < -0.3 is 10.1 Å². The molecule has 0 atom stereocenters. The topological polar surface area (TPSA) is 75.7 Å². The van der Waals surface area contributed by atoms with Gasteiger partial charge in [-0.1, -0.05) is 51.0 Å². The minimum absolute atomic E-state index is 0.178. The van der Waals surface area contributed by atoms with E-state index < -0.39 is 10.0 Å². The molecule has 1 heterocycles. The van der Waals surface area contributed by atoms with E-state index in [9.17, 15) is 13.2 Å². The molecule has 1 N–H and O–H groups in total. The van der Waals surface area contributed by atoms with Gasteiger partial charge in [-0.3, -0.25) is 4.79 Å². The molecule has 1 aliphatic rings. The first kappa shape index (κ1) is 24.3. The van der Waals surface area contributed by atoms with Crippen molar-refractivity contribution in [1.82, 2.24) is 9.62 Å². The number of nitrogens with zero attached hydrogens (tertiary/aromatic N) is 1. The summed E-state index contributed by atoms with van der Waals surface area (Å²) in [5, 5.41) is 2.85. The first-order chi connectivity index (χ1) is 15.3. The van der Waals surface area contributed by atoms with Gasteiger partial charge >= 0.3 is 0 Å². The van der Waals surface area contributed by atoms with Crippen LogP contribution in [-0.2, 0) is 10.0 Å². The molecule has 2 aromatic carbocycles. The van der Waals surface area contributed by atoms with Crippen LogP contribution >= 0.6 is 0 Å². The second kappa shape index (κ2) is 11.0. The highest BCUT2D eigenvalue weighted by Crippen LogP contribution is 2.26. The highest BCUT2D eigenvalue weighted by atomic mass is 32.2. The Morgan fingerprint density at radius 1 is 1.06 bits per heavy atom. The second-order valence-electron chi connectivity index (χ2n) is 8.59.